The lowest BCUT2D eigenvalue weighted by atomic mass is 9.92. The van der Waals surface area contributed by atoms with Crippen LogP contribution in [0.3, 0.4) is 0 Å². The van der Waals surface area contributed by atoms with Gasteiger partial charge in [0, 0.05) is 25.2 Å². The zero-order valence-electron chi connectivity index (χ0n) is 19.1. The predicted molar refractivity (Wildman–Crippen MR) is 131 cm³/mol. The van der Waals surface area contributed by atoms with Crippen molar-refractivity contribution < 1.29 is 9.47 Å². The van der Waals surface area contributed by atoms with Crippen molar-refractivity contribution >= 4 is 23.1 Å². The Morgan fingerprint density at radius 2 is 2.15 bits per heavy atom. The van der Waals surface area contributed by atoms with Crippen LogP contribution in [0.5, 0.6) is 11.6 Å². The Morgan fingerprint density at radius 1 is 1.30 bits per heavy atom. The molecule has 1 aromatic heterocycles. The van der Waals surface area contributed by atoms with Gasteiger partial charge in [0.15, 0.2) is 11.6 Å². The maximum atomic E-state index is 6.53. The van der Waals surface area contributed by atoms with E-state index in [-0.39, 0.29) is 11.7 Å². The van der Waals surface area contributed by atoms with Crippen molar-refractivity contribution in [3.05, 3.63) is 57.7 Å². The molecular formula is C25H28ClN5O2. The van der Waals surface area contributed by atoms with Crippen LogP contribution in [-0.2, 0) is 13.0 Å². The molecule has 3 heterocycles. The van der Waals surface area contributed by atoms with Crippen LogP contribution in [0.2, 0.25) is 5.02 Å². The first kappa shape index (κ1) is 21.8. The molecule has 0 fully saturated rings. The number of fused-ring (bicyclic) bond motifs is 2. The molecule has 2 aliphatic heterocycles. The highest BCUT2D eigenvalue weighted by Crippen LogP contribution is 2.41. The van der Waals surface area contributed by atoms with E-state index in [0.29, 0.717) is 17.4 Å². The van der Waals surface area contributed by atoms with Gasteiger partial charge in [-0.15, -0.1) is 0 Å². The molecule has 0 spiro atoms. The van der Waals surface area contributed by atoms with Crippen LogP contribution in [0.15, 0.2) is 30.5 Å². The van der Waals surface area contributed by atoms with Crippen molar-refractivity contribution in [3.8, 4) is 22.9 Å². The molecule has 33 heavy (non-hydrogen) atoms. The smallest absolute Gasteiger partial charge is 0.258 e. The van der Waals surface area contributed by atoms with E-state index >= 15 is 0 Å². The number of nitrogens with two attached hydrogens (primary N) is 1. The number of likely N-dealkylation sites (N-methyl/N-ethyl adjacent to an activating group) is 1. The number of aryl methyl sites for hydroxylation is 1. The molecule has 0 aliphatic carbocycles. The minimum absolute atomic E-state index is 0.236. The molecule has 3 N–H and O–H groups in total. The Bertz CT molecular complexity index is 1220. The van der Waals surface area contributed by atoms with Gasteiger partial charge in [0.1, 0.15) is 12.7 Å². The van der Waals surface area contributed by atoms with Gasteiger partial charge in [-0.1, -0.05) is 11.6 Å². The van der Waals surface area contributed by atoms with E-state index in [1.165, 1.54) is 16.7 Å². The third kappa shape index (κ3) is 4.18. The monoisotopic (exact) mass is 465 g/mol. The number of rotatable bonds is 4. The molecule has 1 atom stereocenters. The molecule has 0 saturated heterocycles. The Morgan fingerprint density at radius 3 is 3.00 bits per heavy atom. The van der Waals surface area contributed by atoms with Crippen molar-refractivity contribution in [3.63, 3.8) is 0 Å². The number of ether oxygens (including phenoxy) is 2. The van der Waals surface area contributed by atoms with Gasteiger partial charge in [-0.25, -0.2) is 9.97 Å². The Balaban J connectivity index is 1.47. The summed E-state index contributed by atoms with van der Waals surface area (Å²) in [6.45, 7) is 7.39. The summed E-state index contributed by atoms with van der Waals surface area (Å²) in [7, 11) is 2.15. The lowest BCUT2D eigenvalue weighted by Gasteiger charge is -2.27. The summed E-state index contributed by atoms with van der Waals surface area (Å²) in [6, 6.07) is 8.13. The maximum Gasteiger partial charge on any atom is 0.258 e. The zero-order valence-corrected chi connectivity index (χ0v) is 19.9. The van der Waals surface area contributed by atoms with Gasteiger partial charge in [0.25, 0.3) is 5.88 Å². The summed E-state index contributed by atoms with van der Waals surface area (Å²) < 4.78 is 12.1. The van der Waals surface area contributed by atoms with Gasteiger partial charge < -0.3 is 25.4 Å². The van der Waals surface area contributed by atoms with E-state index in [0.717, 1.165) is 48.6 Å². The maximum absolute atomic E-state index is 6.53. The van der Waals surface area contributed by atoms with E-state index in [4.69, 9.17) is 31.8 Å². The van der Waals surface area contributed by atoms with Gasteiger partial charge in [0.2, 0.25) is 0 Å². The first-order chi connectivity index (χ1) is 15.9. The molecule has 0 amide bonds. The highest BCUT2D eigenvalue weighted by Gasteiger charge is 2.24. The van der Waals surface area contributed by atoms with Crippen LogP contribution >= 0.6 is 11.6 Å². The first-order valence-electron chi connectivity index (χ1n) is 11.2. The van der Waals surface area contributed by atoms with E-state index < -0.39 is 6.10 Å². The van der Waals surface area contributed by atoms with Crippen molar-refractivity contribution in [2.24, 2.45) is 0 Å². The highest BCUT2D eigenvalue weighted by atomic mass is 35.5. The lowest BCUT2D eigenvalue weighted by molar-refractivity contribution is 0.209. The summed E-state index contributed by atoms with van der Waals surface area (Å²) in [5.74, 6) is 1.23. The molecule has 2 aliphatic rings. The van der Waals surface area contributed by atoms with Crippen molar-refractivity contribution in [1.29, 1.82) is 0 Å². The van der Waals surface area contributed by atoms with Crippen LogP contribution in [0, 0.1) is 6.92 Å². The number of hydrogen-bond acceptors (Lipinski definition) is 7. The average Bonchev–Trinajstić information content (AvgIpc) is 2.80. The molecule has 3 aromatic rings. The van der Waals surface area contributed by atoms with Crippen LogP contribution in [0.1, 0.15) is 35.3 Å². The standard InChI is InChI=1S/C25H28ClN5O2/c1-14-10-16(11-17-13-31(3)8-6-18(14)17)21-12-29-24(27)25(30-21)33-15(2)22-19(26)4-5-20-23(22)32-9-7-28-20/h4-5,10-12,15,28H,6-9,13H2,1-3H3,(H2,27,29). The number of aromatic nitrogens is 2. The summed E-state index contributed by atoms with van der Waals surface area (Å²) in [5.41, 5.74) is 13.6. The normalized spacial score (nSPS) is 16.2. The largest absolute Gasteiger partial charge is 0.489 e. The van der Waals surface area contributed by atoms with Gasteiger partial charge in [0.05, 0.1) is 28.2 Å². The second-order valence-electron chi connectivity index (χ2n) is 8.74. The van der Waals surface area contributed by atoms with Crippen LogP contribution in [0.25, 0.3) is 11.3 Å². The lowest BCUT2D eigenvalue weighted by Crippen LogP contribution is -2.27. The number of nitrogen functional groups attached to an aromatic ring is 1. The van der Waals surface area contributed by atoms with Crippen LogP contribution < -0.4 is 20.5 Å². The van der Waals surface area contributed by atoms with Crippen LogP contribution in [0.4, 0.5) is 11.5 Å². The van der Waals surface area contributed by atoms with Gasteiger partial charge in [-0.3, -0.25) is 0 Å². The van der Waals surface area contributed by atoms with E-state index in [2.05, 4.69) is 41.3 Å². The molecule has 7 nitrogen and oxygen atoms in total. The molecule has 1 unspecified atom stereocenters. The zero-order chi connectivity index (χ0) is 23.1. The second kappa shape index (κ2) is 8.72. The third-order valence-corrected chi connectivity index (χ3v) is 6.64. The molecule has 8 heteroatoms. The predicted octanol–water partition coefficient (Wildman–Crippen LogP) is 4.62. The Labute approximate surface area is 198 Å². The molecule has 2 aromatic carbocycles. The molecule has 172 valence electrons. The molecule has 0 bridgehead atoms. The number of anilines is 2. The van der Waals surface area contributed by atoms with Crippen LogP contribution in [-0.4, -0.2) is 41.6 Å². The van der Waals surface area contributed by atoms with E-state index in [1.54, 1.807) is 6.20 Å². The SMILES string of the molecule is Cc1cc(-c2cnc(N)c(OC(C)c3c(Cl)ccc4c3OCCN4)n2)cc2c1CCN(C)C2. The number of halogens is 1. The third-order valence-electron chi connectivity index (χ3n) is 6.31. The number of nitrogens with zero attached hydrogens (tertiary/aromatic N) is 3. The first-order valence-corrected chi connectivity index (χ1v) is 11.6. The van der Waals surface area contributed by atoms with Crippen molar-refractivity contribution in [1.82, 2.24) is 14.9 Å². The minimum atomic E-state index is -0.432. The molecule has 0 radical (unpaired) electrons. The Kier molecular flexibility index (Phi) is 5.76. The summed E-state index contributed by atoms with van der Waals surface area (Å²) in [4.78, 5) is 11.4. The van der Waals surface area contributed by atoms with E-state index in [9.17, 15) is 0 Å². The molecular weight excluding hydrogens is 438 g/mol. The highest BCUT2D eigenvalue weighted by molar-refractivity contribution is 6.31. The quantitative estimate of drug-likeness (QED) is 0.581. The fourth-order valence-electron chi connectivity index (χ4n) is 4.63. The van der Waals surface area contributed by atoms with Gasteiger partial charge >= 0.3 is 0 Å². The summed E-state index contributed by atoms with van der Waals surface area (Å²) >= 11 is 6.53. The molecule has 5 rings (SSSR count). The fourth-order valence-corrected chi connectivity index (χ4v) is 4.93. The van der Waals surface area contributed by atoms with Gasteiger partial charge in [-0.05, 0) is 68.3 Å². The second-order valence-corrected chi connectivity index (χ2v) is 9.14. The summed E-state index contributed by atoms with van der Waals surface area (Å²) in [6.07, 6.45) is 2.33. The Hall–Kier alpha value is -3.03. The minimum Gasteiger partial charge on any atom is -0.489 e. The number of nitrogens with one attached hydrogen (secondary N) is 1. The fraction of sp³-hybridized carbons (Fsp3) is 0.360. The molecule has 0 saturated carbocycles. The average molecular weight is 466 g/mol. The number of benzene rings is 2. The topological polar surface area (TPSA) is 85.5 Å². The van der Waals surface area contributed by atoms with E-state index in [1.807, 2.05) is 19.1 Å². The number of hydrogen-bond donors (Lipinski definition) is 2. The van der Waals surface area contributed by atoms with Gasteiger partial charge in [-0.2, -0.15) is 0 Å². The van der Waals surface area contributed by atoms with Crippen molar-refractivity contribution in [2.75, 3.05) is 37.8 Å². The van der Waals surface area contributed by atoms with Crippen molar-refractivity contribution in [2.45, 2.75) is 32.9 Å². The summed E-state index contributed by atoms with van der Waals surface area (Å²) in [5, 5.41) is 3.90.